The van der Waals surface area contributed by atoms with Crippen molar-refractivity contribution in [2.45, 2.75) is 23.8 Å². The van der Waals surface area contributed by atoms with E-state index in [-0.39, 0.29) is 16.0 Å². The Kier molecular flexibility index (Phi) is 4.30. The molecule has 0 saturated carbocycles. The Balaban J connectivity index is 2.16. The molecule has 17 heavy (non-hydrogen) atoms. The summed E-state index contributed by atoms with van der Waals surface area (Å²) >= 11 is 7.63. The largest absolute Gasteiger partial charge is 0.263 e. The van der Waals surface area contributed by atoms with Crippen LogP contribution in [0.3, 0.4) is 0 Å². The zero-order valence-corrected chi connectivity index (χ0v) is 11.5. The fourth-order valence-electron chi connectivity index (χ4n) is 1.68. The van der Waals surface area contributed by atoms with Crippen molar-refractivity contribution in [3.63, 3.8) is 0 Å². The first-order valence-electron chi connectivity index (χ1n) is 5.29. The summed E-state index contributed by atoms with van der Waals surface area (Å²) in [5, 5.41) is 0.205. The van der Waals surface area contributed by atoms with Gasteiger partial charge in [0, 0.05) is 24.2 Å². The second-order valence-corrected chi connectivity index (χ2v) is 7.08. The van der Waals surface area contributed by atoms with E-state index in [1.165, 1.54) is 18.5 Å². The van der Waals surface area contributed by atoms with Crippen molar-refractivity contribution in [2.75, 3.05) is 11.5 Å². The zero-order valence-electron chi connectivity index (χ0n) is 9.10. The maximum Gasteiger partial charge on any atom is 0.243 e. The number of hydrogen-bond donors (Lipinski definition) is 1. The molecule has 0 aliphatic carbocycles. The average molecular weight is 293 g/mol. The van der Waals surface area contributed by atoms with E-state index in [9.17, 15) is 8.42 Å². The Labute approximate surface area is 110 Å². The number of thioether (sulfide) groups is 1. The Bertz CT molecular complexity index is 487. The molecule has 1 unspecified atom stereocenters. The van der Waals surface area contributed by atoms with Gasteiger partial charge in [0.25, 0.3) is 0 Å². The SMILES string of the molecule is O=S(=O)(NC1CCCSC1)c1cnccc1Cl. The van der Waals surface area contributed by atoms with Gasteiger partial charge in [0.15, 0.2) is 0 Å². The van der Waals surface area contributed by atoms with E-state index in [0.717, 1.165) is 24.3 Å². The number of nitrogens with one attached hydrogen (secondary N) is 1. The first kappa shape index (κ1) is 13.1. The van der Waals surface area contributed by atoms with E-state index >= 15 is 0 Å². The van der Waals surface area contributed by atoms with E-state index < -0.39 is 10.0 Å². The minimum atomic E-state index is -3.55. The Morgan fingerprint density at radius 1 is 1.53 bits per heavy atom. The van der Waals surface area contributed by atoms with E-state index in [1.54, 1.807) is 11.8 Å². The molecule has 2 heterocycles. The van der Waals surface area contributed by atoms with Crippen LogP contribution in [0.25, 0.3) is 0 Å². The van der Waals surface area contributed by atoms with Gasteiger partial charge in [-0.15, -0.1) is 0 Å². The molecule has 4 nitrogen and oxygen atoms in total. The predicted molar refractivity (Wildman–Crippen MR) is 69.9 cm³/mol. The third-order valence-corrected chi connectivity index (χ3v) is 5.71. The quantitative estimate of drug-likeness (QED) is 0.924. The second kappa shape index (κ2) is 5.56. The summed E-state index contributed by atoms with van der Waals surface area (Å²) in [6.07, 6.45) is 4.67. The molecule has 1 aromatic rings. The number of rotatable bonds is 3. The van der Waals surface area contributed by atoms with Crippen LogP contribution in [0, 0.1) is 0 Å². The molecule has 1 aliphatic rings. The smallest absolute Gasteiger partial charge is 0.243 e. The summed E-state index contributed by atoms with van der Waals surface area (Å²) in [5.41, 5.74) is 0. The molecule has 1 aliphatic heterocycles. The van der Waals surface area contributed by atoms with Crippen molar-refractivity contribution < 1.29 is 8.42 Å². The molecular weight excluding hydrogens is 280 g/mol. The lowest BCUT2D eigenvalue weighted by Gasteiger charge is -2.22. The van der Waals surface area contributed by atoms with E-state index in [4.69, 9.17) is 11.6 Å². The number of pyridine rings is 1. The van der Waals surface area contributed by atoms with Gasteiger partial charge in [-0.3, -0.25) is 4.98 Å². The van der Waals surface area contributed by atoms with Crippen molar-refractivity contribution >= 4 is 33.4 Å². The first-order chi connectivity index (χ1) is 8.09. The number of sulfonamides is 1. The molecule has 1 N–H and O–H groups in total. The molecule has 1 aromatic heterocycles. The van der Waals surface area contributed by atoms with Crippen molar-refractivity contribution in [3.8, 4) is 0 Å². The first-order valence-corrected chi connectivity index (χ1v) is 8.31. The van der Waals surface area contributed by atoms with Crippen LogP contribution in [-0.4, -0.2) is 30.9 Å². The molecule has 0 bridgehead atoms. The third-order valence-electron chi connectivity index (χ3n) is 2.51. The van der Waals surface area contributed by atoms with Gasteiger partial charge >= 0.3 is 0 Å². The summed E-state index contributed by atoms with van der Waals surface area (Å²) in [5.74, 6) is 1.92. The van der Waals surface area contributed by atoms with Crippen LogP contribution in [0.2, 0.25) is 5.02 Å². The summed E-state index contributed by atoms with van der Waals surface area (Å²) in [6.45, 7) is 0. The highest BCUT2D eigenvalue weighted by atomic mass is 35.5. The second-order valence-electron chi connectivity index (χ2n) is 3.84. The lowest BCUT2D eigenvalue weighted by Crippen LogP contribution is -2.38. The van der Waals surface area contributed by atoms with Crippen molar-refractivity contribution in [1.29, 1.82) is 0 Å². The zero-order chi connectivity index (χ0) is 12.3. The van der Waals surface area contributed by atoms with Crippen LogP contribution in [0.1, 0.15) is 12.8 Å². The predicted octanol–water partition coefficient (Wildman–Crippen LogP) is 1.91. The molecule has 1 atom stereocenters. The topological polar surface area (TPSA) is 59.1 Å². The van der Waals surface area contributed by atoms with Gasteiger partial charge in [-0.05, 0) is 24.7 Å². The number of hydrogen-bond acceptors (Lipinski definition) is 4. The molecule has 0 radical (unpaired) electrons. The highest BCUT2D eigenvalue weighted by Gasteiger charge is 2.23. The molecule has 1 saturated heterocycles. The van der Waals surface area contributed by atoms with Crippen molar-refractivity contribution in [2.24, 2.45) is 0 Å². The van der Waals surface area contributed by atoms with Crippen LogP contribution in [0.4, 0.5) is 0 Å². The van der Waals surface area contributed by atoms with Crippen LogP contribution < -0.4 is 4.72 Å². The molecule has 7 heteroatoms. The number of nitrogens with zero attached hydrogens (tertiary/aromatic N) is 1. The van der Waals surface area contributed by atoms with Gasteiger partial charge in [-0.1, -0.05) is 11.6 Å². The summed E-state index contributed by atoms with van der Waals surface area (Å²) in [7, 11) is -3.55. The summed E-state index contributed by atoms with van der Waals surface area (Å²) < 4.78 is 26.8. The Hall–Kier alpha value is -0.300. The molecule has 94 valence electrons. The molecular formula is C10H13ClN2O2S2. The Morgan fingerprint density at radius 3 is 3.00 bits per heavy atom. The Morgan fingerprint density at radius 2 is 2.35 bits per heavy atom. The van der Waals surface area contributed by atoms with E-state index in [1.807, 2.05) is 0 Å². The van der Waals surface area contributed by atoms with Gasteiger partial charge < -0.3 is 0 Å². The van der Waals surface area contributed by atoms with Gasteiger partial charge in [0.2, 0.25) is 10.0 Å². The van der Waals surface area contributed by atoms with Crippen LogP contribution in [0.15, 0.2) is 23.4 Å². The van der Waals surface area contributed by atoms with Crippen molar-refractivity contribution in [1.82, 2.24) is 9.71 Å². The summed E-state index contributed by atoms with van der Waals surface area (Å²) in [6, 6.07) is 1.47. The number of aromatic nitrogens is 1. The van der Waals surface area contributed by atoms with Crippen molar-refractivity contribution in [3.05, 3.63) is 23.5 Å². The summed E-state index contributed by atoms with van der Waals surface area (Å²) in [4.78, 5) is 3.85. The van der Waals surface area contributed by atoms with Gasteiger partial charge in [-0.2, -0.15) is 11.8 Å². The lowest BCUT2D eigenvalue weighted by molar-refractivity contribution is 0.543. The minimum Gasteiger partial charge on any atom is -0.263 e. The maximum atomic E-state index is 12.1. The van der Waals surface area contributed by atoms with Gasteiger partial charge in [0.05, 0.1) is 5.02 Å². The van der Waals surface area contributed by atoms with Crippen LogP contribution in [-0.2, 0) is 10.0 Å². The lowest BCUT2D eigenvalue weighted by atomic mass is 10.2. The van der Waals surface area contributed by atoms with E-state index in [0.29, 0.717) is 0 Å². The third kappa shape index (κ3) is 3.34. The van der Waals surface area contributed by atoms with Crippen LogP contribution >= 0.6 is 23.4 Å². The normalized spacial score (nSPS) is 21.4. The maximum absolute atomic E-state index is 12.1. The van der Waals surface area contributed by atoms with Crippen LogP contribution in [0.5, 0.6) is 0 Å². The fraction of sp³-hybridized carbons (Fsp3) is 0.500. The van der Waals surface area contributed by atoms with E-state index in [2.05, 4.69) is 9.71 Å². The average Bonchev–Trinajstić information content (AvgIpc) is 2.30. The van der Waals surface area contributed by atoms with Gasteiger partial charge in [0.1, 0.15) is 4.90 Å². The molecule has 0 aromatic carbocycles. The molecule has 2 rings (SSSR count). The molecule has 0 amide bonds. The highest BCUT2D eigenvalue weighted by molar-refractivity contribution is 7.99. The monoisotopic (exact) mass is 292 g/mol. The highest BCUT2D eigenvalue weighted by Crippen LogP contribution is 2.22. The molecule has 1 fully saturated rings. The molecule has 0 spiro atoms. The van der Waals surface area contributed by atoms with Gasteiger partial charge in [-0.25, -0.2) is 13.1 Å². The minimum absolute atomic E-state index is 0.00461. The number of halogens is 1. The standard InChI is InChI=1S/C10H13ClN2O2S2/c11-9-3-4-12-6-10(9)17(14,15)13-8-2-1-5-16-7-8/h3-4,6,8,13H,1-2,5,7H2. The fourth-order valence-corrected chi connectivity index (χ4v) is 4.56.